The highest BCUT2D eigenvalue weighted by molar-refractivity contribution is 9.10. The molecular formula is C20H18BrClN2O3S. The number of thiocarbonyl (C=S) groups is 1. The number of carbonyl (C=O) groups is 1. The third kappa shape index (κ3) is 3.06. The van der Waals surface area contributed by atoms with Crippen molar-refractivity contribution in [2.24, 2.45) is 5.92 Å². The Hall–Kier alpha value is -1.83. The molecule has 0 unspecified atom stereocenters. The van der Waals surface area contributed by atoms with Crippen molar-refractivity contribution in [1.82, 2.24) is 5.32 Å². The first-order valence-corrected chi connectivity index (χ1v) is 10.4. The summed E-state index contributed by atoms with van der Waals surface area (Å²) in [6, 6.07) is 12.6. The number of nitrogens with one attached hydrogen (secondary N) is 1. The van der Waals surface area contributed by atoms with Crippen molar-refractivity contribution in [2.45, 2.75) is 25.6 Å². The Labute approximate surface area is 182 Å². The topological polar surface area (TPSA) is 50.8 Å². The predicted octanol–water partition coefficient (Wildman–Crippen LogP) is 4.83. The number of nitrogens with zero attached hydrogens (tertiary/aromatic N) is 1. The number of hydrogen-bond donors (Lipinski definition) is 1. The van der Waals surface area contributed by atoms with Gasteiger partial charge >= 0.3 is 5.97 Å². The first kappa shape index (κ1) is 19.5. The molecule has 8 heteroatoms. The lowest BCUT2D eigenvalue weighted by molar-refractivity contribution is -0.159. The van der Waals surface area contributed by atoms with E-state index in [1.165, 1.54) is 0 Å². The molecule has 2 aliphatic rings. The normalized spacial score (nSPS) is 25.4. The van der Waals surface area contributed by atoms with Gasteiger partial charge in [0, 0.05) is 20.7 Å². The summed E-state index contributed by atoms with van der Waals surface area (Å²) in [5, 5.41) is 4.42. The molecule has 2 aliphatic heterocycles. The van der Waals surface area contributed by atoms with Crippen LogP contribution in [0.4, 0.5) is 5.69 Å². The summed E-state index contributed by atoms with van der Waals surface area (Å²) in [4.78, 5) is 14.8. The fourth-order valence-corrected chi connectivity index (χ4v) is 4.84. The molecule has 2 heterocycles. The number of benzene rings is 2. The van der Waals surface area contributed by atoms with Gasteiger partial charge in [-0.15, -0.1) is 0 Å². The van der Waals surface area contributed by atoms with Gasteiger partial charge in [-0.25, -0.2) is 0 Å². The van der Waals surface area contributed by atoms with Gasteiger partial charge in [-0.2, -0.15) is 0 Å². The highest BCUT2D eigenvalue weighted by Gasteiger charge is 2.59. The summed E-state index contributed by atoms with van der Waals surface area (Å²) in [5.74, 6) is -0.267. The Morgan fingerprint density at radius 3 is 2.75 bits per heavy atom. The van der Waals surface area contributed by atoms with Crippen molar-refractivity contribution in [2.75, 3.05) is 11.5 Å². The maximum Gasteiger partial charge on any atom is 0.317 e. The van der Waals surface area contributed by atoms with Crippen LogP contribution < -0.4 is 15.0 Å². The fourth-order valence-electron chi connectivity index (χ4n) is 3.93. The van der Waals surface area contributed by atoms with E-state index in [2.05, 4.69) is 21.2 Å². The van der Waals surface area contributed by atoms with Crippen molar-refractivity contribution in [3.63, 3.8) is 0 Å². The van der Waals surface area contributed by atoms with E-state index in [0.717, 1.165) is 15.7 Å². The summed E-state index contributed by atoms with van der Waals surface area (Å²) < 4.78 is 12.7. The summed E-state index contributed by atoms with van der Waals surface area (Å²) in [7, 11) is 0. The maximum atomic E-state index is 13.0. The van der Waals surface area contributed by atoms with Crippen LogP contribution in [0.25, 0.3) is 0 Å². The molecule has 0 radical (unpaired) electrons. The Balaban J connectivity index is 1.89. The van der Waals surface area contributed by atoms with Gasteiger partial charge in [-0.3, -0.25) is 9.69 Å². The number of rotatable bonds is 3. The summed E-state index contributed by atoms with van der Waals surface area (Å²) in [5.41, 5.74) is 0.578. The molecule has 2 bridgehead atoms. The van der Waals surface area contributed by atoms with Crippen LogP contribution in [0.3, 0.4) is 0 Å². The van der Waals surface area contributed by atoms with Gasteiger partial charge in [0.2, 0.25) is 5.72 Å². The largest absolute Gasteiger partial charge is 0.466 e. The third-order valence-corrected chi connectivity index (χ3v) is 6.13. The molecule has 2 aromatic rings. The van der Waals surface area contributed by atoms with Crippen LogP contribution in [0, 0.1) is 5.92 Å². The summed E-state index contributed by atoms with van der Waals surface area (Å²) >= 11 is 15.2. The van der Waals surface area contributed by atoms with E-state index in [1.54, 1.807) is 19.1 Å². The SMILES string of the molecule is CCOC(=O)[C@@H]1[C@@H]2NC(=S)N(c3ccc(Cl)cc3)[C@@]1(C)Oc1ccc(Br)cc12. The fraction of sp³-hybridized carbons (Fsp3) is 0.300. The number of hydrogen-bond acceptors (Lipinski definition) is 4. The molecule has 5 nitrogen and oxygen atoms in total. The van der Waals surface area contributed by atoms with Gasteiger partial charge in [0.25, 0.3) is 0 Å². The number of carbonyl (C=O) groups excluding carboxylic acids is 1. The molecule has 28 heavy (non-hydrogen) atoms. The molecule has 0 saturated carbocycles. The van der Waals surface area contributed by atoms with Crippen LogP contribution in [-0.2, 0) is 9.53 Å². The molecule has 0 amide bonds. The standard InChI is InChI=1S/C20H18BrClN2O3S/c1-3-26-18(25)16-17-14-10-11(21)4-9-15(14)27-20(16,2)24(19(28)23-17)13-7-5-12(22)6-8-13/h4-10,16-17H,3H2,1-2H3,(H,23,28)/t16-,17+,20-/m0/s1. The minimum Gasteiger partial charge on any atom is -0.466 e. The average Bonchev–Trinajstić information content (AvgIpc) is 2.63. The molecule has 1 fully saturated rings. The monoisotopic (exact) mass is 480 g/mol. The Kier molecular flexibility index (Phi) is 5.02. The summed E-state index contributed by atoms with van der Waals surface area (Å²) in [6.45, 7) is 3.95. The zero-order valence-corrected chi connectivity index (χ0v) is 18.4. The van der Waals surface area contributed by atoms with Crippen LogP contribution in [0.5, 0.6) is 5.75 Å². The Morgan fingerprint density at radius 1 is 1.36 bits per heavy atom. The molecule has 0 aromatic heterocycles. The van der Waals surface area contributed by atoms with Gasteiger partial charge in [0.05, 0.1) is 12.6 Å². The molecule has 4 rings (SSSR count). The highest BCUT2D eigenvalue weighted by Crippen LogP contribution is 2.50. The number of halogens is 2. The molecule has 0 spiro atoms. The van der Waals surface area contributed by atoms with Gasteiger partial charge in [0.15, 0.2) is 5.11 Å². The maximum absolute atomic E-state index is 13.0. The van der Waals surface area contributed by atoms with E-state index >= 15 is 0 Å². The number of ether oxygens (including phenoxy) is 2. The van der Waals surface area contributed by atoms with E-state index in [-0.39, 0.29) is 18.6 Å². The van der Waals surface area contributed by atoms with E-state index in [1.807, 2.05) is 42.2 Å². The molecular weight excluding hydrogens is 464 g/mol. The number of esters is 1. The lowest BCUT2D eigenvalue weighted by Gasteiger charge is -2.55. The first-order valence-electron chi connectivity index (χ1n) is 8.86. The lowest BCUT2D eigenvalue weighted by atomic mass is 9.79. The van der Waals surface area contributed by atoms with Crippen molar-refractivity contribution in [1.29, 1.82) is 0 Å². The van der Waals surface area contributed by atoms with E-state index in [9.17, 15) is 4.79 Å². The minimum absolute atomic E-state index is 0.287. The molecule has 3 atom stereocenters. The Bertz CT molecular complexity index is 955. The molecule has 0 aliphatic carbocycles. The lowest BCUT2D eigenvalue weighted by Crippen LogP contribution is -2.71. The second kappa shape index (κ2) is 7.21. The van der Waals surface area contributed by atoms with E-state index in [0.29, 0.717) is 15.9 Å². The minimum atomic E-state index is -1.06. The number of fused-ring (bicyclic) bond motifs is 4. The second-order valence-corrected chi connectivity index (χ2v) is 8.55. The zero-order valence-electron chi connectivity index (χ0n) is 15.2. The Morgan fingerprint density at radius 2 is 2.07 bits per heavy atom. The van der Waals surface area contributed by atoms with Crippen molar-refractivity contribution in [3.05, 3.63) is 57.5 Å². The third-order valence-electron chi connectivity index (χ3n) is 5.09. The van der Waals surface area contributed by atoms with Gasteiger partial charge in [-0.05, 0) is 68.5 Å². The van der Waals surface area contributed by atoms with Crippen LogP contribution in [-0.4, -0.2) is 23.4 Å². The van der Waals surface area contributed by atoms with Crippen LogP contribution in [0.1, 0.15) is 25.5 Å². The average molecular weight is 482 g/mol. The quantitative estimate of drug-likeness (QED) is 0.501. The molecule has 146 valence electrons. The zero-order chi connectivity index (χ0) is 20.1. The van der Waals surface area contributed by atoms with E-state index < -0.39 is 11.6 Å². The summed E-state index contributed by atoms with van der Waals surface area (Å²) in [6.07, 6.45) is 0. The second-order valence-electron chi connectivity index (χ2n) is 6.81. The molecule has 1 N–H and O–H groups in total. The molecule has 1 saturated heterocycles. The van der Waals surface area contributed by atoms with Crippen molar-refractivity contribution >= 4 is 56.5 Å². The van der Waals surface area contributed by atoms with E-state index in [4.69, 9.17) is 33.3 Å². The van der Waals surface area contributed by atoms with Crippen LogP contribution >= 0.6 is 39.7 Å². The van der Waals surface area contributed by atoms with Gasteiger partial charge < -0.3 is 14.8 Å². The van der Waals surface area contributed by atoms with Crippen LogP contribution in [0.2, 0.25) is 5.02 Å². The van der Waals surface area contributed by atoms with Gasteiger partial charge in [-0.1, -0.05) is 27.5 Å². The first-order chi connectivity index (χ1) is 13.3. The smallest absolute Gasteiger partial charge is 0.317 e. The highest BCUT2D eigenvalue weighted by atomic mass is 79.9. The molecule has 2 aromatic carbocycles. The number of anilines is 1. The van der Waals surface area contributed by atoms with Gasteiger partial charge in [0.1, 0.15) is 11.7 Å². The van der Waals surface area contributed by atoms with Crippen LogP contribution in [0.15, 0.2) is 46.9 Å². The van der Waals surface area contributed by atoms with Crippen molar-refractivity contribution in [3.8, 4) is 5.75 Å². The van der Waals surface area contributed by atoms with Crippen molar-refractivity contribution < 1.29 is 14.3 Å². The predicted molar refractivity (Wildman–Crippen MR) is 116 cm³/mol.